The van der Waals surface area contributed by atoms with E-state index in [1.807, 2.05) is 0 Å². The number of fused-ring (bicyclic) bond motifs is 1. The van der Waals surface area contributed by atoms with E-state index in [2.05, 4.69) is 20.0 Å². The van der Waals surface area contributed by atoms with E-state index >= 15 is 0 Å². The SMILES string of the molecule is O=C(NCc1cc2cc(OC(F)(F)F)c(CCc3cocn3)cc2[nH]1)N1CCC1. The number of H-pyrrole nitrogens is 1. The quantitative estimate of drug-likeness (QED) is 0.651. The lowest BCUT2D eigenvalue weighted by molar-refractivity contribution is -0.274. The zero-order valence-corrected chi connectivity index (χ0v) is 15.4. The lowest BCUT2D eigenvalue weighted by Crippen LogP contribution is -2.47. The highest BCUT2D eigenvalue weighted by atomic mass is 19.4. The minimum atomic E-state index is -4.79. The minimum absolute atomic E-state index is 0.149. The molecule has 4 rings (SSSR count). The van der Waals surface area contributed by atoms with Crippen molar-refractivity contribution in [2.75, 3.05) is 13.1 Å². The Kier molecular flexibility index (Phi) is 5.08. The standard InChI is InChI=1S/C19H19F3N4O3/c20-19(21,22)29-17-8-13-6-15(9-23-18(27)26-4-1-5-26)25-16(13)7-12(17)2-3-14-10-28-11-24-14/h6-8,10-11,25H,1-5,9H2,(H,23,27). The van der Waals surface area contributed by atoms with Crippen molar-refractivity contribution >= 4 is 16.9 Å². The van der Waals surface area contributed by atoms with Crippen LogP contribution in [0.25, 0.3) is 10.9 Å². The Hall–Kier alpha value is -3.17. The number of aromatic nitrogens is 2. The number of aryl methyl sites for hydroxylation is 2. The molecule has 29 heavy (non-hydrogen) atoms. The molecule has 154 valence electrons. The number of benzene rings is 1. The van der Waals surface area contributed by atoms with Crippen molar-refractivity contribution in [3.8, 4) is 5.75 Å². The summed E-state index contributed by atoms with van der Waals surface area (Å²) in [7, 11) is 0. The van der Waals surface area contributed by atoms with Gasteiger partial charge in [-0.15, -0.1) is 13.2 Å². The van der Waals surface area contributed by atoms with E-state index in [-0.39, 0.29) is 18.3 Å². The summed E-state index contributed by atoms with van der Waals surface area (Å²) in [5.74, 6) is -0.247. The number of likely N-dealkylation sites (tertiary alicyclic amines) is 1. The molecular weight excluding hydrogens is 389 g/mol. The van der Waals surface area contributed by atoms with Crippen LogP contribution < -0.4 is 10.1 Å². The van der Waals surface area contributed by atoms with Crippen molar-refractivity contribution in [1.29, 1.82) is 0 Å². The third-order valence-corrected chi connectivity index (χ3v) is 4.79. The number of alkyl halides is 3. The molecule has 2 N–H and O–H groups in total. The molecule has 2 amide bonds. The van der Waals surface area contributed by atoms with Crippen LogP contribution in [-0.4, -0.2) is 40.4 Å². The summed E-state index contributed by atoms with van der Waals surface area (Å²) >= 11 is 0. The van der Waals surface area contributed by atoms with Gasteiger partial charge >= 0.3 is 12.4 Å². The van der Waals surface area contributed by atoms with Gasteiger partial charge in [0.25, 0.3) is 0 Å². The first-order valence-corrected chi connectivity index (χ1v) is 9.17. The fourth-order valence-corrected chi connectivity index (χ4v) is 3.20. The molecule has 1 aliphatic rings. The fourth-order valence-electron chi connectivity index (χ4n) is 3.20. The van der Waals surface area contributed by atoms with Gasteiger partial charge in [-0.2, -0.15) is 0 Å². The number of halogens is 3. The summed E-state index contributed by atoms with van der Waals surface area (Å²) in [6.45, 7) is 1.74. The molecule has 1 fully saturated rings. The van der Waals surface area contributed by atoms with E-state index in [1.165, 1.54) is 18.7 Å². The molecule has 0 spiro atoms. The molecule has 0 radical (unpaired) electrons. The largest absolute Gasteiger partial charge is 0.573 e. The van der Waals surface area contributed by atoms with E-state index in [4.69, 9.17) is 4.42 Å². The van der Waals surface area contributed by atoms with Gasteiger partial charge in [-0.3, -0.25) is 0 Å². The number of urea groups is 1. The molecular formula is C19H19F3N4O3. The Balaban J connectivity index is 1.54. The van der Waals surface area contributed by atoms with Gasteiger partial charge < -0.3 is 24.4 Å². The van der Waals surface area contributed by atoms with E-state index in [0.717, 1.165) is 19.5 Å². The van der Waals surface area contributed by atoms with Crippen molar-refractivity contribution in [2.24, 2.45) is 0 Å². The van der Waals surface area contributed by atoms with Crippen molar-refractivity contribution < 1.29 is 27.1 Å². The Bertz CT molecular complexity index is 994. The normalized spacial score (nSPS) is 14.1. The summed E-state index contributed by atoms with van der Waals surface area (Å²) in [4.78, 5) is 20.7. The molecule has 1 aromatic carbocycles. The number of ether oxygens (including phenoxy) is 1. The number of hydrogen-bond donors (Lipinski definition) is 2. The highest BCUT2D eigenvalue weighted by Crippen LogP contribution is 2.32. The Morgan fingerprint density at radius 3 is 2.76 bits per heavy atom. The topological polar surface area (TPSA) is 83.4 Å². The van der Waals surface area contributed by atoms with Gasteiger partial charge in [-0.1, -0.05) is 0 Å². The second-order valence-corrected chi connectivity index (χ2v) is 6.87. The van der Waals surface area contributed by atoms with Crippen LogP contribution in [0.3, 0.4) is 0 Å². The number of nitrogens with one attached hydrogen (secondary N) is 2. The van der Waals surface area contributed by atoms with Crippen LogP contribution in [0.5, 0.6) is 5.75 Å². The molecule has 0 bridgehead atoms. The van der Waals surface area contributed by atoms with Crippen LogP contribution in [0.15, 0.2) is 35.3 Å². The molecule has 0 atom stereocenters. The first-order valence-electron chi connectivity index (χ1n) is 9.17. The van der Waals surface area contributed by atoms with E-state index in [1.54, 1.807) is 17.0 Å². The lowest BCUT2D eigenvalue weighted by Gasteiger charge is -2.30. The van der Waals surface area contributed by atoms with Crippen molar-refractivity contribution in [3.05, 3.63) is 47.8 Å². The molecule has 3 heterocycles. The van der Waals surface area contributed by atoms with Gasteiger partial charge in [0.1, 0.15) is 12.0 Å². The minimum Gasteiger partial charge on any atom is -0.451 e. The molecule has 2 aromatic heterocycles. The second-order valence-electron chi connectivity index (χ2n) is 6.87. The maximum Gasteiger partial charge on any atom is 0.573 e. The molecule has 10 heteroatoms. The predicted molar refractivity (Wildman–Crippen MR) is 97.3 cm³/mol. The molecule has 7 nitrogen and oxygen atoms in total. The number of aromatic amines is 1. The molecule has 0 aliphatic carbocycles. The monoisotopic (exact) mass is 408 g/mol. The van der Waals surface area contributed by atoms with Gasteiger partial charge in [0.15, 0.2) is 6.39 Å². The van der Waals surface area contributed by atoms with Crippen LogP contribution in [0.1, 0.15) is 23.4 Å². The van der Waals surface area contributed by atoms with Crippen molar-refractivity contribution in [2.45, 2.75) is 32.2 Å². The summed E-state index contributed by atoms with van der Waals surface area (Å²) in [6, 6.07) is 4.55. The Morgan fingerprint density at radius 2 is 2.10 bits per heavy atom. The Labute approximate surface area is 163 Å². The zero-order valence-electron chi connectivity index (χ0n) is 15.4. The van der Waals surface area contributed by atoms with E-state index in [9.17, 15) is 18.0 Å². The van der Waals surface area contributed by atoms with Crippen LogP contribution in [0.2, 0.25) is 0 Å². The molecule has 1 aliphatic heterocycles. The molecule has 1 saturated heterocycles. The van der Waals surface area contributed by atoms with E-state index in [0.29, 0.717) is 40.7 Å². The number of oxazole rings is 1. The number of carbonyl (C=O) groups excluding carboxylic acids is 1. The molecule has 0 saturated carbocycles. The van der Waals surface area contributed by atoms with E-state index < -0.39 is 6.36 Å². The highest BCUT2D eigenvalue weighted by molar-refractivity contribution is 5.83. The smallest absolute Gasteiger partial charge is 0.451 e. The maximum atomic E-state index is 12.9. The first-order chi connectivity index (χ1) is 13.9. The van der Waals surface area contributed by atoms with Crippen LogP contribution in [-0.2, 0) is 19.4 Å². The Morgan fingerprint density at radius 1 is 1.28 bits per heavy atom. The molecule has 3 aromatic rings. The predicted octanol–water partition coefficient (Wildman–Crippen LogP) is 3.76. The third kappa shape index (κ3) is 4.64. The summed E-state index contributed by atoms with van der Waals surface area (Å²) < 4.78 is 47.7. The number of amides is 2. The van der Waals surface area contributed by atoms with Gasteiger partial charge in [0, 0.05) is 29.7 Å². The van der Waals surface area contributed by atoms with Crippen molar-refractivity contribution in [1.82, 2.24) is 20.2 Å². The third-order valence-electron chi connectivity index (χ3n) is 4.79. The number of carbonyl (C=O) groups is 1. The van der Waals surface area contributed by atoms with Gasteiger partial charge in [-0.05, 0) is 43.0 Å². The summed E-state index contributed by atoms with van der Waals surface area (Å²) in [5.41, 5.74) is 2.41. The average Bonchev–Trinajstić information content (AvgIpc) is 3.24. The lowest BCUT2D eigenvalue weighted by atomic mass is 10.1. The van der Waals surface area contributed by atoms with Gasteiger partial charge in [0.05, 0.1) is 12.2 Å². The van der Waals surface area contributed by atoms with Crippen LogP contribution >= 0.6 is 0 Å². The average molecular weight is 408 g/mol. The molecule has 0 unspecified atom stereocenters. The zero-order chi connectivity index (χ0) is 20.4. The van der Waals surface area contributed by atoms with Crippen molar-refractivity contribution in [3.63, 3.8) is 0 Å². The van der Waals surface area contributed by atoms with Crippen LogP contribution in [0, 0.1) is 0 Å². The fraction of sp³-hybridized carbons (Fsp3) is 0.368. The maximum absolute atomic E-state index is 12.9. The highest BCUT2D eigenvalue weighted by Gasteiger charge is 2.32. The van der Waals surface area contributed by atoms with Crippen LogP contribution in [0.4, 0.5) is 18.0 Å². The second kappa shape index (κ2) is 7.69. The van der Waals surface area contributed by atoms with Gasteiger partial charge in [0.2, 0.25) is 0 Å². The first kappa shape index (κ1) is 19.2. The number of hydrogen-bond acceptors (Lipinski definition) is 4. The summed E-state index contributed by atoms with van der Waals surface area (Å²) in [5, 5.41) is 3.37. The summed E-state index contributed by atoms with van der Waals surface area (Å²) in [6.07, 6.45) is -0.350. The number of nitrogens with zero attached hydrogens (tertiary/aromatic N) is 2. The number of rotatable bonds is 6. The van der Waals surface area contributed by atoms with Gasteiger partial charge in [-0.25, -0.2) is 9.78 Å².